The highest BCUT2D eigenvalue weighted by Crippen LogP contribution is 2.26. The molecule has 112 valence electrons. The smallest absolute Gasteiger partial charge is 0.252 e. The molecule has 0 fully saturated rings. The maximum atomic E-state index is 13.6. The van der Waals surface area contributed by atoms with Crippen molar-refractivity contribution in [3.63, 3.8) is 0 Å². The molecular formula is C16H13FN2O3. The third-order valence-corrected chi connectivity index (χ3v) is 3.15. The molecule has 1 amide bonds. The van der Waals surface area contributed by atoms with Gasteiger partial charge in [-0.1, -0.05) is 6.07 Å². The summed E-state index contributed by atoms with van der Waals surface area (Å²) in [5.74, 6) is -0.626. The first kappa shape index (κ1) is 14.2. The molecule has 3 rings (SSSR count). The monoisotopic (exact) mass is 300 g/mol. The number of aromatic nitrogens is 1. The molecule has 1 atom stereocenters. The number of amides is 1. The third-order valence-electron chi connectivity index (χ3n) is 3.15. The summed E-state index contributed by atoms with van der Waals surface area (Å²) in [5, 5.41) is 11.7. The molecule has 2 aromatic carbocycles. The fourth-order valence-corrected chi connectivity index (χ4v) is 1.98. The lowest BCUT2D eigenvalue weighted by Gasteiger charge is -2.07. The maximum absolute atomic E-state index is 13.6. The zero-order chi connectivity index (χ0) is 15.7. The Bertz CT molecular complexity index is 825. The van der Waals surface area contributed by atoms with Crippen molar-refractivity contribution in [2.24, 2.45) is 0 Å². The van der Waals surface area contributed by atoms with E-state index >= 15 is 0 Å². The number of para-hydroxylation sites is 1. The summed E-state index contributed by atoms with van der Waals surface area (Å²) in [6, 6.07) is 11.2. The Morgan fingerprint density at radius 2 is 2.00 bits per heavy atom. The molecule has 0 radical (unpaired) electrons. The molecular weight excluding hydrogens is 287 g/mol. The van der Waals surface area contributed by atoms with Gasteiger partial charge in [0.25, 0.3) is 5.91 Å². The molecule has 0 aliphatic rings. The van der Waals surface area contributed by atoms with Gasteiger partial charge >= 0.3 is 0 Å². The van der Waals surface area contributed by atoms with Gasteiger partial charge in [-0.25, -0.2) is 9.37 Å². The molecule has 0 saturated carbocycles. The first-order valence-corrected chi connectivity index (χ1v) is 6.69. The van der Waals surface area contributed by atoms with Gasteiger partial charge in [0.1, 0.15) is 11.6 Å². The number of carbonyl (C=O) groups is 1. The van der Waals surface area contributed by atoms with Gasteiger partial charge in [-0.05, 0) is 43.3 Å². The van der Waals surface area contributed by atoms with Gasteiger partial charge in [0, 0.05) is 11.3 Å². The number of rotatable bonds is 3. The normalized spacial score (nSPS) is 12.3. The summed E-state index contributed by atoms with van der Waals surface area (Å²) >= 11 is 0. The average Bonchev–Trinajstić information content (AvgIpc) is 2.93. The van der Waals surface area contributed by atoms with Crippen LogP contribution in [0.2, 0.25) is 0 Å². The quantitative estimate of drug-likeness (QED) is 0.780. The third kappa shape index (κ3) is 2.68. The number of carbonyl (C=O) groups excluding carboxylic acids is 1. The van der Waals surface area contributed by atoms with Crippen molar-refractivity contribution in [3.8, 4) is 11.5 Å². The molecule has 1 aromatic heterocycles. The van der Waals surface area contributed by atoms with E-state index in [-0.39, 0.29) is 5.52 Å². The average molecular weight is 300 g/mol. The number of oxazole rings is 1. The summed E-state index contributed by atoms with van der Waals surface area (Å²) in [5.41, 5.74) is 1.76. The van der Waals surface area contributed by atoms with Crippen molar-refractivity contribution in [3.05, 3.63) is 48.3 Å². The molecule has 6 heteroatoms. The molecule has 0 aliphatic heterocycles. The minimum atomic E-state index is -1.08. The minimum absolute atomic E-state index is 0.184. The predicted octanol–water partition coefficient (Wildman–Crippen LogP) is 2.95. The van der Waals surface area contributed by atoms with Crippen LogP contribution in [0.15, 0.2) is 46.9 Å². The minimum Gasteiger partial charge on any atom is -0.436 e. The molecule has 5 nitrogen and oxygen atoms in total. The summed E-state index contributed by atoms with van der Waals surface area (Å²) in [6.45, 7) is 1.39. The molecule has 0 aliphatic carbocycles. The van der Waals surface area contributed by atoms with Crippen LogP contribution in [0, 0.1) is 5.82 Å². The van der Waals surface area contributed by atoms with E-state index in [0.29, 0.717) is 22.7 Å². The van der Waals surface area contributed by atoms with Crippen LogP contribution in [0.25, 0.3) is 22.6 Å². The van der Waals surface area contributed by atoms with Crippen molar-refractivity contribution < 1.29 is 18.7 Å². The Kier molecular flexibility index (Phi) is 3.60. The van der Waals surface area contributed by atoms with E-state index < -0.39 is 17.8 Å². The second kappa shape index (κ2) is 5.57. The Morgan fingerprint density at radius 3 is 2.64 bits per heavy atom. The molecule has 0 spiro atoms. The van der Waals surface area contributed by atoms with Crippen molar-refractivity contribution in [1.29, 1.82) is 0 Å². The number of halogens is 1. The molecule has 1 heterocycles. The number of nitrogens with zero attached hydrogens (tertiary/aromatic N) is 1. The van der Waals surface area contributed by atoms with Gasteiger partial charge in [0.05, 0.1) is 0 Å². The fraction of sp³-hybridized carbons (Fsp3) is 0.125. The fourth-order valence-electron chi connectivity index (χ4n) is 1.98. The first-order chi connectivity index (χ1) is 10.5. The number of anilines is 1. The molecule has 2 N–H and O–H groups in total. The highest BCUT2D eigenvalue weighted by molar-refractivity contribution is 5.93. The topological polar surface area (TPSA) is 75.4 Å². The second-order valence-corrected chi connectivity index (χ2v) is 4.85. The zero-order valence-corrected chi connectivity index (χ0v) is 11.7. The SMILES string of the molecule is CC(O)C(=O)Nc1ccc(-c2nc3c(F)cccc3o2)cc1. The lowest BCUT2D eigenvalue weighted by molar-refractivity contribution is -0.123. The zero-order valence-electron chi connectivity index (χ0n) is 11.7. The van der Waals surface area contributed by atoms with Gasteiger partial charge in [0.15, 0.2) is 11.4 Å². The Hall–Kier alpha value is -2.73. The Labute approximate surface area is 125 Å². The van der Waals surface area contributed by atoms with E-state index in [0.717, 1.165) is 0 Å². The molecule has 1 unspecified atom stereocenters. The highest BCUT2D eigenvalue weighted by Gasteiger charge is 2.12. The van der Waals surface area contributed by atoms with Crippen LogP contribution in [0.3, 0.4) is 0 Å². The number of fused-ring (bicyclic) bond motifs is 1. The molecule has 3 aromatic rings. The van der Waals surface area contributed by atoms with E-state index in [4.69, 9.17) is 9.52 Å². The van der Waals surface area contributed by atoms with Crippen LogP contribution in [0.4, 0.5) is 10.1 Å². The number of aliphatic hydroxyl groups is 1. The predicted molar refractivity (Wildman–Crippen MR) is 79.7 cm³/mol. The van der Waals surface area contributed by atoms with Crippen LogP contribution in [0.1, 0.15) is 6.92 Å². The number of nitrogens with one attached hydrogen (secondary N) is 1. The van der Waals surface area contributed by atoms with Crippen LogP contribution >= 0.6 is 0 Å². The largest absolute Gasteiger partial charge is 0.436 e. The van der Waals surface area contributed by atoms with Crippen LogP contribution in [0.5, 0.6) is 0 Å². The second-order valence-electron chi connectivity index (χ2n) is 4.85. The van der Waals surface area contributed by atoms with Gasteiger partial charge < -0.3 is 14.8 Å². The molecule has 22 heavy (non-hydrogen) atoms. The van der Waals surface area contributed by atoms with Gasteiger partial charge in [0.2, 0.25) is 5.89 Å². The lowest BCUT2D eigenvalue weighted by Crippen LogP contribution is -2.24. The lowest BCUT2D eigenvalue weighted by atomic mass is 10.2. The van der Waals surface area contributed by atoms with Crippen LogP contribution in [-0.4, -0.2) is 22.1 Å². The maximum Gasteiger partial charge on any atom is 0.252 e. The summed E-state index contributed by atoms with van der Waals surface area (Å²) in [7, 11) is 0. The van der Waals surface area contributed by atoms with Crippen molar-refractivity contribution in [1.82, 2.24) is 4.98 Å². The number of hydrogen-bond acceptors (Lipinski definition) is 4. The molecule has 0 bridgehead atoms. The van der Waals surface area contributed by atoms with Gasteiger partial charge in [-0.3, -0.25) is 4.79 Å². The van der Waals surface area contributed by atoms with E-state index in [1.165, 1.54) is 13.0 Å². The number of hydrogen-bond donors (Lipinski definition) is 2. The van der Waals surface area contributed by atoms with Crippen LogP contribution in [-0.2, 0) is 4.79 Å². The summed E-state index contributed by atoms with van der Waals surface area (Å²) in [6.07, 6.45) is -1.08. The van der Waals surface area contributed by atoms with E-state index in [1.54, 1.807) is 36.4 Å². The number of aliphatic hydroxyl groups excluding tert-OH is 1. The standard InChI is InChI=1S/C16H13FN2O3/c1-9(20)15(21)18-11-7-5-10(6-8-11)16-19-14-12(17)3-2-4-13(14)22-16/h2-9,20H,1H3,(H,18,21). The Morgan fingerprint density at radius 1 is 1.27 bits per heavy atom. The van der Waals surface area contributed by atoms with Crippen molar-refractivity contribution in [2.75, 3.05) is 5.32 Å². The van der Waals surface area contributed by atoms with E-state index in [2.05, 4.69) is 10.3 Å². The van der Waals surface area contributed by atoms with Crippen molar-refractivity contribution >= 4 is 22.7 Å². The van der Waals surface area contributed by atoms with E-state index in [9.17, 15) is 9.18 Å². The van der Waals surface area contributed by atoms with Crippen LogP contribution < -0.4 is 5.32 Å². The highest BCUT2D eigenvalue weighted by atomic mass is 19.1. The van der Waals surface area contributed by atoms with Crippen molar-refractivity contribution in [2.45, 2.75) is 13.0 Å². The first-order valence-electron chi connectivity index (χ1n) is 6.69. The Balaban J connectivity index is 1.88. The van der Waals surface area contributed by atoms with Gasteiger partial charge in [-0.15, -0.1) is 0 Å². The van der Waals surface area contributed by atoms with E-state index in [1.807, 2.05) is 0 Å². The summed E-state index contributed by atoms with van der Waals surface area (Å²) in [4.78, 5) is 15.5. The number of benzene rings is 2. The summed E-state index contributed by atoms with van der Waals surface area (Å²) < 4.78 is 19.1. The molecule has 0 saturated heterocycles. The van der Waals surface area contributed by atoms with Gasteiger partial charge in [-0.2, -0.15) is 0 Å².